The minimum absolute atomic E-state index is 0.0490. The summed E-state index contributed by atoms with van der Waals surface area (Å²) in [6, 6.07) is 1.64. The van der Waals surface area contributed by atoms with Gasteiger partial charge in [-0.3, -0.25) is 10.1 Å². The Morgan fingerprint density at radius 1 is 1.44 bits per heavy atom. The fourth-order valence-corrected chi connectivity index (χ4v) is 3.84. The molecular formula is C15H15F3N4O2S. The predicted molar refractivity (Wildman–Crippen MR) is 86.9 cm³/mol. The van der Waals surface area contributed by atoms with Crippen LogP contribution in [-0.2, 0) is 6.18 Å². The number of hydrogen-bond acceptors (Lipinski definition) is 6. The Balaban J connectivity index is 1.78. The molecule has 2 aromatic heterocycles. The summed E-state index contributed by atoms with van der Waals surface area (Å²) in [6.07, 6.45) is -1.66. The molecule has 10 heteroatoms. The first-order valence-electron chi connectivity index (χ1n) is 7.64. The maximum Gasteiger partial charge on any atom is 0.434 e. The number of pyridine rings is 1. The summed E-state index contributed by atoms with van der Waals surface area (Å²) in [7, 11) is 0. The molecule has 1 aliphatic heterocycles. The number of rotatable bonds is 3. The van der Waals surface area contributed by atoms with Gasteiger partial charge >= 0.3 is 6.18 Å². The van der Waals surface area contributed by atoms with Crippen molar-refractivity contribution in [2.75, 3.05) is 18.0 Å². The Labute approximate surface area is 145 Å². The molecule has 3 rings (SSSR count). The number of thiazole rings is 1. The number of alkyl halides is 3. The van der Waals surface area contributed by atoms with Crippen molar-refractivity contribution in [3.8, 4) is 0 Å². The number of aryl methyl sites for hydroxylation is 1. The molecule has 1 aliphatic rings. The second-order valence-electron chi connectivity index (χ2n) is 5.94. The molecule has 0 aliphatic carbocycles. The molecule has 0 spiro atoms. The van der Waals surface area contributed by atoms with Crippen LogP contribution in [0.1, 0.15) is 35.0 Å². The predicted octanol–water partition coefficient (Wildman–Crippen LogP) is 4.16. The molecule has 0 bridgehead atoms. The molecule has 6 nitrogen and oxygen atoms in total. The molecule has 134 valence electrons. The number of piperidine rings is 1. The highest BCUT2D eigenvalue weighted by Crippen LogP contribution is 2.36. The molecule has 1 fully saturated rings. The minimum atomic E-state index is -4.43. The van der Waals surface area contributed by atoms with Crippen LogP contribution in [0, 0.1) is 17.0 Å². The van der Waals surface area contributed by atoms with Crippen molar-refractivity contribution in [2.24, 2.45) is 0 Å². The lowest BCUT2D eigenvalue weighted by Crippen LogP contribution is -2.35. The summed E-state index contributed by atoms with van der Waals surface area (Å²) >= 11 is 1.02. The van der Waals surface area contributed by atoms with Gasteiger partial charge in [-0.25, -0.2) is 9.97 Å². The molecule has 0 aromatic carbocycles. The van der Waals surface area contributed by atoms with Crippen LogP contribution in [0.4, 0.5) is 24.7 Å². The van der Waals surface area contributed by atoms with Gasteiger partial charge in [0.2, 0.25) is 0 Å². The van der Waals surface area contributed by atoms with E-state index < -0.39 is 16.8 Å². The Morgan fingerprint density at radius 2 is 2.20 bits per heavy atom. The van der Waals surface area contributed by atoms with Gasteiger partial charge in [0.15, 0.2) is 5.69 Å². The molecule has 0 saturated carbocycles. The van der Waals surface area contributed by atoms with Gasteiger partial charge in [0.1, 0.15) is 12.0 Å². The van der Waals surface area contributed by atoms with Crippen molar-refractivity contribution >= 4 is 22.8 Å². The van der Waals surface area contributed by atoms with E-state index in [4.69, 9.17) is 0 Å². The maximum absolute atomic E-state index is 12.7. The summed E-state index contributed by atoms with van der Waals surface area (Å²) < 4.78 is 38.2. The van der Waals surface area contributed by atoms with E-state index in [1.165, 1.54) is 6.20 Å². The van der Waals surface area contributed by atoms with E-state index in [2.05, 4.69) is 9.97 Å². The first-order chi connectivity index (χ1) is 11.8. The molecule has 0 amide bonds. The summed E-state index contributed by atoms with van der Waals surface area (Å²) in [5.74, 6) is 0.493. The van der Waals surface area contributed by atoms with Crippen LogP contribution in [0.2, 0.25) is 0 Å². The van der Waals surface area contributed by atoms with Crippen molar-refractivity contribution in [1.82, 2.24) is 9.97 Å². The van der Waals surface area contributed by atoms with Gasteiger partial charge in [-0.1, -0.05) is 0 Å². The van der Waals surface area contributed by atoms with Crippen molar-refractivity contribution in [3.05, 3.63) is 44.0 Å². The maximum atomic E-state index is 12.7. The largest absolute Gasteiger partial charge is 0.434 e. The lowest BCUT2D eigenvalue weighted by Gasteiger charge is -2.32. The lowest BCUT2D eigenvalue weighted by molar-refractivity contribution is -0.385. The normalized spacial score (nSPS) is 18.4. The zero-order valence-electron chi connectivity index (χ0n) is 13.3. The smallest absolute Gasteiger partial charge is 0.356 e. The average molecular weight is 372 g/mol. The van der Waals surface area contributed by atoms with E-state index in [-0.39, 0.29) is 11.6 Å². The molecule has 3 heterocycles. The number of aromatic nitrogens is 2. The second kappa shape index (κ2) is 6.58. The van der Waals surface area contributed by atoms with Crippen molar-refractivity contribution < 1.29 is 18.1 Å². The molecule has 25 heavy (non-hydrogen) atoms. The van der Waals surface area contributed by atoms with E-state index >= 15 is 0 Å². The Kier molecular flexibility index (Phi) is 4.63. The van der Waals surface area contributed by atoms with Gasteiger partial charge in [-0.2, -0.15) is 13.2 Å². The number of halogens is 3. The number of nitrogens with zero attached hydrogens (tertiary/aromatic N) is 4. The van der Waals surface area contributed by atoms with Crippen LogP contribution in [0.3, 0.4) is 0 Å². The molecule has 0 N–H and O–H groups in total. The second-order valence-corrected chi connectivity index (χ2v) is 6.83. The summed E-state index contributed by atoms with van der Waals surface area (Å²) in [4.78, 5) is 20.2. The van der Waals surface area contributed by atoms with E-state index in [1.807, 2.05) is 4.90 Å². The zero-order valence-corrected chi connectivity index (χ0v) is 14.1. The SMILES string of the molecule is Cc1cc(N2CCCC(c3nc(C(F)(F)F)cs3)C2)ncc1[N+](=O)[O-]. The van der Waals surface area contributed by atoms with E-state index in [1.54, 1.807) is 13.0 Å². The molecule has 2 aromatic rings. The van der Waals surface area contributed by atoms with Crippen molar-refractivity contribution in [2.45, 2.75) is 31.9 Å². The van der Waals surface area contributed by atoms with Crippen LogP contribution in [0.15, 0.2) is 17.6 Å². The fraction of sp³-hybridized carbons (Fsp3) is 0.467. The van der Waals surface area contributed by atoms with Crippen LogP contribution in [0.5, 0.6) is 0 Å². The third-order valence-electron chi connectivity index (χ3n) is 4.17. The first kappa shape index (κ1) is 17.6. The van der Waals surface area contributed by atoms with Gasteiger partial charge in [0, 0.05) is 30.0 Å². The standard InChI is InChI=1S/C15H15F3N4O2S/c1-9-5-13(19-6-11(9)22(23)24)21-4-2-3-10(7-21)14-20-12(8-25-14)15(16,17)18/h5-6,8,10H,2-4,7H2,1H3. The van der Waals surface area contributed by atoms with E-state index in [0.29, 0.717) is 29.5 Å². The summed E-state index contributed by atoms with van der Waals surface area (Å²) in [5, 5.41) is 12.4. The van der Waals surface area contributed by atoms with E-state index in [9.17, 15) is 23.3 Å². The van der Waals surface area contributed by atoms with Crippen molar-refractivity contribution in [3.63, 3.8) is 0 Å². The van der Waals surface area contributed by atoms with Gasteiger partial charge in [0.25, 0.3) is 5.69 Å². The van der Waals surface area contributed by atoms with Crippen LogP contribution >= 0.6 is 11.3 Å². The monoisotopic (exact) mass is 372 g/mol. The molecular weight excluding hydrogens is 357 g/mol. The van der Waals surface area contributed by atoms with Crippen LogP contribution < -0.4 is 4.90 Å². The number of hydrogen-bond donors (Lipinski definition) is 0. The number of anilines is 1. The molecule has 0 radical (unpaired) electrons. The Bertz CT molecular complexity index is 793. The lowest BCUT2D eigenvalue weighted by atomic mass is 9.98. The van der Waals surface area contributed by atoms with Crippen molar-refractivity contribution in [1.29, 1.82) is 0 Å². The third-order valence-corrected chi connectivity index (χ3v) is 5.18. The molecule has 1 saturated heterocycles. The summed E-state index contributed by atoms with van der Waals surface area (Å²) in [6.45, 7) is 2.84. The van der Waals surface area contributed by atoms with Crippen LogP contribution in [-0.4, -0.2) is 28.0 Å². The Hall–Kier alpha value is -2.23. The number of nitro groups is 1. The molecule has 1 unspecified atom stereocenters. The van der Waals surface area contributed by atoms with Gasteiger partial charge in [-0.05, 0) is 25.8 Å². The van der Waals surface area contributed by atoms with Crippen LogP contribution in [0.25, 0.3) is 0 Å². The minimum Gasteiger partial charge on any atom is -0.356 e. The Morgan fingerprint density at radius 3 is 2.80 bits per heavy atom. The average Bonchev–Trinajstić information content (AvgIpc) is 3.05. The first-order valence-corrected chi connectivity index (χ1v) is 8.52. The topological polar surface area (TPSA) is 72.2 Å². The summed E-state index contributed by atoms with van der Waals surface area (Å²) in [5.41, 5.74) is -0.397. The van der Waals surface area contributed by atoms with Gasteiger partial charge < -0.3 is 4.90 Å². The molecule has 1 atom stereocenters. The fourth-order valence-electron chi connectivity index (χ4n) is 2.89. The van der Waals surface area contributed by atoms with Gasteiger partial charge in [0.05, 0.1) is 9.93 Å². The highest BCUT2D eigenvalue weighted by molar-refractivity contribution is 7.09. The third kappa shape index (κ3) is 3.73. The highest BCUT2D eigenvalue weighted by atomic mass is 32.1. The van der Waals surface area contributed by atoms with E-state index in [0.717, 1.165) is 29.6 Å². The highest BCUT2D eigenvalue weighted by Gasteiger charge is 2.35. The van der Waals surface area contributed by atoms with Gasteiger partial charge in [-0.15, -0.1) is 11.3 Å². The quantitative estimate of drug-likeness (QED) is 0.598. The zero-order chi connectivity index (χ0) is 18.2.